The van der Waals surface area contributed by atoms with Crippen LogP contribution in [0.25, 0.3) is 0 Å². The molecule has 1 saturated heterocycles. The molecular formula is C12H13F3N2O3. The number of nitrogens with two attached hydrogens (primary N) is 1. The van der Waals surface area contributed by atoms with Crippen LogP contribution in [0.1, 0.15) is 17.4 Å². The molecule has 0 amide bonds. The highest BCUT2D eigenvalue weighted by Gasteiger charge is 2.28. The van der Waals surface area contributed by atoms with Crippen molar-refractivity contribution in [1.82, 2.24) is 0 Å². The molecule has 5 nitrogen and oxygen atoms in total. The van der Waals surface area contributed by atoms with E-state index in [1.54, 1.807) is 0 Å². The zero-order valence-corrected chi connectivity index (χ0v) is 10.4. The van der Waals surface area contributed by atoms with E-state index >= 15 is 0 Å². The van der Waals surface area contributed by atoms with Gasteiger partial charge in [0.1, 0.15) is 5.84 Å². The minimum absolute atomic E-state index is 0.0734. The van der Waals surface area contributed by atoms with E-state index in [1.807, 2.05) is 0 Å². The van der Waals surface area contributed by atoms with E-state index in [1.165, 1.54) is 0 Å². The van der Waals surface area contributed by atoms with E-state index in [9.17, 15) is 13.2 Å². The van der Waals surface area contributed by atoms with Crippen LogP contribution in [0.15, 0.2) is 11.1 Å². The van der Waals surface area contributed by atoms with Gasteiger partial charge >= 0.3 is 0 Å². The monoisotopic (exact) mass is 290 g/mol. The summed E-state index contributed by atoms with van der Waals surface area (Å²) in [5, 5.41) is 8.63. The maximum absolute atomic E-state index is 13.7. The highest BCUT2D eigenvalue weighted by molar-refractivity contribution is 5.98. The number of hydrogen-bond donors (Lipinski definition) is 2. The molecule has 1 heterocycles. The lowest BCUT2D eigenvalue weighted by molar-refractivity contribution is -0.0469. The lowest BCUT2D eigenvalue weighted by Gasteiger charge is -2.14. The predicted molar refractivity (Wildman–Crippen MR) is 63.6 cm³/mol. The van der Waals surface area contributed by atoms with Crippen molar-refractivity contribution in [2.75, 3.05) is 26.4 Å². The summed E-state index contributed by atoms with van der Waals surface area (Å²) in [4.78, 5) is 3.65. The lowest BCUT2D eigenvalue weighted by atomic mass is 10.1. The van der Waals surface area contributed by atoms with E-state index in [2.05, 4.69) is 4.99 Å². The number of benzene rings is 1. The van der Waals surface area contributed by atoms with Crippen molar-refractivity contribution in [3.05, 3.63) is 34.6 Å². The molecule has 20 heavy (non-hydrogen) atoms. The summed E-state index contributed by atoms with van der Waals surface area (Å²) >= 11 is 0. The Morgan fingerprint density at radius 3 is 2.50 bits per heavy atom. The molecule has 1 aliphatic heterocycles. The minimum atomic E-state index is -1.67. The van der Waals surface area contributed by atoms with Gasteiger partial charge in [-0.3, -0.25) is 4.99 Å². The van der Waals surface area contributed by atoms with E-state index in [0.29, 0.717) is 0 Å². The van der Waals surface area contributed by atoms with Gasteiger partial charge in [0.2, 0.25) is 0 Å². The van der Waals surface area contributed by atoms with Gasteiger partial charge in [0.15, 0.2) is 23.7 Å². The quantitative estimate of drug-likeness (QED) is 0.489. The largest absolute Gasteiger partial charge is 0.394 e. The molecule has 0 aliphatic carbocycles. The maximum atomic E-state index is 13.7. The Labute approximate surface area is 112 Å². The zero-order valence-electron chi connectivity index (χ0n) is 10.4. The van der Waals surface area contributed by atoms with Crippen LogP contribution in [0.5, 0.6) is 0 Å². The number of aliphatic imine (C=N–C) groups is 1. The molecule has 110 valence electrons. The van der Waals surface area contributed by atoms with Gasteiger partial charge in [-0.25, -0.2) is 13.2 Å². The highest BCUT2D eigenvalue weighted by Crippen LogP contribution is 2.29. The summed E-state index contributed by atoms with van der Waals surface area (Å²) in [6.07, 6.45) is -1.10. The normalized spacial score (nSPS) is 16.9. The number of halogens is 3. The molecule has 1 fully saturated rings. The first-order valence-corrected chi connectivity index (χ1v) is 5.88. The molecule has 8 heteroatoms. The third-order valence-electron chi connectivity index (χ3n) is 2.71. The van der Waals surface area contributed by atoms with E-state index < -0.39 is 29.3 Å². The van der Waals surface area contributed by atoms with Crippen LogP contribution in [-0.2, 0) is 9.47 Å². The van der Waals surface area contributed by atoms with Gasteiger partial charge < -0.3 is 20.3 Å². The molecule has 3 N–H and O–H groups in total. The SMILES string of the molecule is NC(=NCCO)c1cc(C2OCCO2)c(F)c(F)c1F. The van der Waals surface area contributed by atoms with Crippen molar-refractivity contribution in [2.45, 2.75) is 6.29 Å². The van der Waals surface area contributed by atoms with Gasteiger partial charge in [-0.15, -0.1) is 0 Å². The fraction of sp³-hybridized carbons (Fsp3) is 0.417. The first-order valence-electron chi connectivity index (χ1n) is 5.88. The van der Waals surface area contributed by atoms with Crippen molar-refractivity contribution < 1.29 is 27.8 Å². The van der Waals surface area contributed by atoms with Gasteiger partial charge in [-0.05, 0) is 6.07 Å². The number of nitrogens with zero attached hydrogens (tertiary/aromatic N) is 1. The molecule has 1 aliphatic rings. The van der Waals surface area contributed by atoms with Crippen molar-refractivity contribution in [1.29, 1.82) is 0 Å². The highest BCUT2D eigenvalue weighted by atomic mass is 19.2. The molecular weight excluding hydrogens is 277 g/mol. The topological polar surface area (TPSA) is 77.1 Å². The molecule has 0 radical (unpaired) electrons. The Kier molecular flexibility index (Phi) is 4.58. The van der Waals surface area contributed by atoms with Gasteiger partial charge in [0.25, 0.3) is 0 Å². The third kappa shape index (κ3) is 2.77. The Hall–Kier alpha value is -1.64. The third-order valence-corrected chi connectivity index (χ3v) is 2.71. The van der Waals surface area contributed by atoms with Crippen LogP contribution in [0.2, 0.25) is 0 Å². The molecule has 0 aromatic heterocycles. The number of rotatable bonds is 4. The van der Waals surface area contributed by atoms with Crippen LogP contribution in [0.4, 0.5) is 13.2 Å². The smallest absolute Gasteiger partial charge is 0.195 e. The number of aliphatic hydroxyl groups excluding tert-OH is 1. The molecule has 0 saturated carbocycles. The Morgan fingerprint density at radius 1 is 1.25 bits per heavy atom. The average Bonchev–Trinajstić information content (AvgIpc) is 2.96. The second kappa shape index (κ2) is 6.21. The molecule has 2 rings (SSSR count). The van der Waals surface area contributed by atoms with Crippen LogP contribution in [0, 0.1) is 17.5 Å². The lowest BCUT2D eigenvalue weighted by Crippen LogP contribution is -2.19. The molecule has 0 bridgehead atoms. The summed E-state index contributed by atoms with van der Waals surface area (Å²) in [6, 6.07) is 1.000. The number of hydrogen-bond acceptors (Lipinski definition) is 4. The van der Waals surface area contributed by atoms with Crippen molar-refractivity contribution in [3.63, 3.8) is 0 Å². The Balaban J connectivity index is 2.46. The second-order valence-electron chi connectivity index (χ2n) is 4.02. The molecule has 0 unspecified atom stereocenters. The minimum Gasteiger partial charge on any atom is -0.394 e. The second-order valence-corrected chi connectivity index (χ2v) is 4.02. The van der Waals surface area contributed by atoms with Crippen molar-refractivity contribution >= 4 is 5.84 Å². The Bertz CT molecular complexity index is 531. The number of amidine groups is 1. The summed E-state index contributed by atoms with van der Waals surface area (Å²) in [5.74, 6) is -4.83. The van der Waals surface area contributed by atoms with Gasteiger partial charge in [0.05, 0.1) is 31.9 Å². The summed E-state index contributed by atoms with van der Waals surface area (Å²) in [7, 11) is 0. The van der Waals surface area contributed by atoms with E-state index in [0.717, 1.165) is 6.07 Å². The van der Waals surface area contributed by atoms with Crippen LogP contribution in [0.3, 0.4) is 0 Å². The summed E-state index contributed by atoms with van der Waals surface area (Å²) in [6.45, 7) is 0.0861. The number of ether oxygens (including phenoxy) is 2. The molecule has 0 spiro atoms. The van der Waals surface area contributed by atoms with E-state index in [-0.39, 0.29) is 37.8 Å². The maximum Gasteiger partial charge on any atom is 0.195 e. The van der Waals surface area contributed by atoms with Gasteiger partial charge in [-0.2, -0.15) is 0 Å². The van der Waals surface area contributed by atoms with Crippen LogP contribution >= 0.6 is 0 Å². The van der Waals surface area contributed by atoms with Crippen molar-refractivity contribution in [3.8, 4) is 0 Å². The van der Waals surface area contributed by atoms with Crippen LogP contribution < -0.4 is 5.73 Å². The van der Waals surface area contributed by atoms with Gasteiger partial charge in [-0.1, -0.05) is 0 Å². The molecule has 0 atom stereocenters. The summed E-state index contributed by atoms with van der Waals surface area (Å²) < 4.78 is 51.1. The zero-order chi connectivity index (χ0) is 14.7. The van der Waals surface area contributed by atoms with Crippen molar-refractivity contribution in [2.24, 2.45) is 10.7 Å². The molecule has 1 aromatic carbocycles. The first kappa shape index (κ1) is 14.8. The standard InChI is InChI=1S/C12H13F3N2O3/c13-8-6(11(16)17-1-2-18)5-7(9(14)10(8)15)12-19-3-4-20-12/h5,12,18H,1-4H2,(H2,16,17). The number of aliphatic hydroxyl groups is 1. The predicted octanol–water partition coefficient (Wildman–Crippen LogP) is 0.847. The van der Waals surface area contributed by atoms with E-state index in [4.69, 9.17) is 20.3 Å². The molecule has 1 aromatic rings. The fourth-order valence-corrected chi connectivity index (χ4v) is 1.78. The van der Waals surface area contributed by atoms with Gasteiger partial charge in [0, 0.05) is 5.56 Å². The first-order chi connectivity index (χ1) is 9.56. The Morgan fingerprint density at radius 2 is 1.90 bits per heavy atom. The van der Waals surface area contributed by atoms with Crippen LogP contribution in [-0.4, -0.2) is 37.3 Å². The average molecular weight is 290 g/mol. The summed E-state index contributed by atoms with van der Waals surface area (Å²) in [5.41, 5.74) is 4.82. The fourth-order valence-electron chi connectivity index (χ4n) is 1.78.